The molecule has 0 aromatic heterocycles. The average molecular weight is 175 g/mol. The number of methoxy groups -OCH3 is 1. The second kappa shape index (κ2) is 6.40. The number of nitrogens with two attached hydrogens (primary N) is 1. The van der Waals surface area contributed by atoms with Crippen molar-refractivity contribution in [2.45, 2.75) is 32.2 Å². The lowest BCUT2D eigenvalue weighted by Crippen LogP contribution is -2.31. The first kappa shape index (κ1) is 11.9. The van der Waals surface area contributed by atoms with Gasteiger partial charge in [-0.1, -0.05) is 0 Å². The van der Waals surface area contributed by atoms with Gasteiger partial charge in [-0.2, -0.15) is 0 Å². The highest BCUT2D eigenvalue weighted by atomic mass is 16.5. The molecule has 74 valence electrons. The minimum absolute atomic E-state index is 0.0649. The van der Waals surface area contributed by atoms with Crippen molar-refractivity contribution in [3.63, 3.8) is 0 Å². The normalized spacial score (nSPS) is 12.0. The van der Waals surface area contributed by atoms with Crippen LogP contribution >= 0.6 is 0 Å². The molecule has 0 bridgehead atoms. The van der Waals surface area contributed by atoms with Crippen LogP contribution in [-0.4, -0.2) is 32.5 Å². The van der Waals surface area contributed by atoms with E-state index in [4.69, 9.17) is 15.2 Å². The Morgan fingerprint density at radius 2 is 1.83 bits per heavy atom. The van der Waals surface area contributed by atoms with Gasteiger partial charge in [0.1, 0.15) is 0 Å². The molecule has 0 aromatic rings. The Morgan fingerprint density at radius 3 is 2.33 bits per heavy atom. The first-order valence-corrected chi connectivity index (χ1v) is 4.42. The molecule has 2 N–H and O–H groups in total. The molecule has 0 amide bonds. The van der Waals surface area contributed by atoms with Crippen LogP contribution in [0.2, 0.25) is 0 Å². The van der Waals surface area contributed by atoms with Crippen molar-refractivity contribution in [1.82, 2.24) is 0 Å². The molecule has 3 heteroatoms. The summed E-state index contributed by atoms with van der Waals surface area (Å²) in [6.07, 6.45) is 2.02. The topological polar surface area (TPSA) is 44.5 Å². The van der Waals surface area contributed by atoms with Crippen molar-refractivity contribution in [3.8, 4) is 0 Å². The van der Waals surface area contributed by atoms with E-state index in [2.05, 4.69) is 0 Å². The van der Waals surface area contributed by atoms with E-state index in [9.17, 15) is 0 Å². The Bertz CT molecular complexity index is 99.2. The Kier molecular flexibility index (Phi) is 6.34. The molecule has 0 aromatic carbocycles. The fraction of sp³-hybridized carbons (Fsp3) is 1.00. The van der Waals surface area contributed by atoms with E-state index in [-0.39, 0.29) is 5.54 Å². The van der Waals surface area contributed by atoms with E-state index < -0.39 is 0 Å². The van der Waals surface area contributed by atoms with Gasteiger partial charge in [-0.25, -0.2) is 0 Å². The van der Waals surface area contributed by atoms with Gasteiger partial charge in [-0.3, -0.25) is 0 Å². The third-order valence-electron chi connectivity index (χ3n) is 1.54. The van der Waals surface area contributed by atoms with Crippen LogP contribution < -0.4 is 5.73 Å². The van der Waals surface area contributed by atoms with Gasteiger partial charge in [0.25, 0.3) is 0 Å². The lowest BCUT2D eigenvalue weighted by atomic mass is 10.0. The first-order valence-electron chi connectivity index (χ1n) is 4.42. The number of hydrogen-bond donors (Lipinski definition) is 1. The number of rotatable bonds is 7. The predicted octanol–water partition coefficient (Wildman–Crippen LogP) is 1.17. The minimum Gasteiger partial charge on any atom is -0.382 e. The largest absolute Gasteiger partial charge is 0.382 e. The van der Waals surface area contributed by atoms with Crippen molar-refractivity contribution in [3.05, 3.63) is 0 Å². The molecule has 0 aliphatic heterocycles. The fourth-order valence-corrected chi connectivity index (χ4v) is 0.874. The molecule has 0 saturated carbocycles. The Labute approximate surface area is 75.2 Å². The van der Waals surface area contributed by atoms with Crippen LogP contribution in [0.25, 0.3) is 0 Å². The fourth-order valence-electron chi connectivity index (χ4n) is 0.874. The summed E-state index contributed by atoms with van der Waals surface area (Å²) in [7, 11) is 1.67. The Balaban J connectivity index is 3.01. The summed E-state index contributed by atoms with van der Waals surface area (Å²) in [5.41, 5.74) is 5.73. The molecule has 0 aliphatic rings. The van der Waals surface area contributed by atoms with Gasteiger partial charge < -0.3 is 15.2 Å². The molecule has 0 rings (SSSR count). The van der Waals surface area contributed by atoms with Crippen molar-refractivity contribution in [1.29, 1.82) is 0 Å². The van der Waals surface area contributed by atoms with Crippen LogP contribution in [0.4, 0.5) is 0 Å². The van der Waals surface area contributed by atoms with Crippen molar-refractivity contribution < 1.29 is 9.47 Å². The van der Waals surface area contributed by atoms with E-state index >= 15 is 0 Å². The van der Waals surface area contributed by atoms with E-state index in [0.717, 1.165) is 19.4 Å². The first-order chi connectivity index (χ1) is 5.56. The van der Waals surface area contributed by atoms with Crippen LogP contribution in [-0.2, 0) is 9.47 Å². The molecule has 3 nitrogen and oxygen atoms in total. The van der Waals surface area contributed by atoms with Crippen molar-refractivity contribution in [2.75, 3.05) is 26.9 Å². The summed E-state index contributed by atoms with van der Waals surface area (Å²) < 4.78 is 10.1. The maximum Gasteiger partial charge on any atom is 0.0700 e. The van der Waals surface area contributed by atoms with Gasteiger partial charge >= 0.3 is 0 Å². The quantitative estimate of drug-likeness (QED) is 0.591. The van der Waals surface area contributed by atoms with Gasteiger partial charge in [-0.15, -0.1) is 0 Å². The van der Waals surface area contributed by atoms with Crippen molar-refractivity contribution >= 4 is 0 Å². The number of ether oxygens (including phenoxy) is 2. The molecule has 0 heterocycles. The van der Waals surface area contributed by atoms with Gasteiger partial charge in [0.15, 0.2) is 0 Å². The molecule has 12 heavy (non-hydrogen) atoms. The van der Waals surface area contributed by atoms with E-state index in [1.165, 1.54) is 0 Å². The number of hydrogen-bond acceptors (Lipinski definition) is 3. The van der Waals surface area contributed by atoms with Crippen LogP contribution in [0, 0.1) is 0 Å². The van der Waals surface area contributed by atoms with Gasteiger partial charge in [-0.05, 0) is 26.7 Å². The zero-order valence-electron chi connectivity index (χ0n) is 8.43. The van der Waals surface area contributed by atoms with Crippen molar-refractivity contribution in [2.24, 2.45) is 5.73 Å². The molecule has 0 unspecified atom stereocenters. The highest BCUT2D eigenvalue weighted by molar-refractivity contribution is 4.70. The molecule has 0 radical (unpaired) electrons. The van der Waals surface area contributed by atoms with Crippen LogP contribution in [0.5, 0.6) is 0 Å². The Hall–Kier alpha value is -0.120. The minimum atomic E-state index is -0.0649. The smallest absolute Gasteiger partial charge is 0.0700 e. The van der Waals surface area contributed by atoms with E-state index in [1.54, 1.807) is 7.11 Å². The van der Waals surface area contributed by atoms with Gasteiger partial charge in [0.2, 0.25) is 0 Å². The molecule has 0 spiro atoms. The summed E-state index contributed by atoms with van der Waals surface area (Å²) in [4.78, 5) is 0. The summed E-state index contributed by atoms with van der Waals surface area (Å²) in [6, 6.07) is 0. The van der Waals surface area contributed by atoms with Gasteiger partial charge in [0, 0.05) is 19.3 Å². The summed E-state index contributed by atoms with van der Waals surface area (Å²) in [6.45, 7) is 6.20. The maximum atomic E-state index is 5.80. The second-order valence-corrected chi connectivity index (χ2v) is 3.70. The SMILES string of the molecule is COCCOCCCC(C)(C)N. The van der Waals surface area contributed by atoms with Crippen LogP contribution in [0.1, 0.15) is 26.7 Å². The van der Waals surface area contributed by atoms with Gasteiger partial charge in [0.05, 0.1) is 13.2 Å². The van der Waals surface area contributed by atoms with Crippen LogP contribution in [0.15, 0.2) is 0 Å². The third-order valence-corrected chi connectivity index (χ3v) is 1.54. The molecule has 0 atom stereocenters. The average Bonchev–Trinajstić information content (AvgIpc) is 1.94. The molecular weight excluding hydrogens is 154 g/mol. The molecular formula is C9H21NO2. The zero-order chi connectivity index (χ0) is 9.45. The lowest BCUT2D eigenvalue weighted by molar-refractivity contribution is 0.0671. The third kappa shape index (κ3) is 9.88. The second-order valence-electron chi connectivity index (χ2n) is 3.70. The summed E-state index contributed by atoms with van der Waals surface area (Å²) in [5, 5.41) is 0. The molecule has 0 aliphatic carbocycles. The standard InChI is InChI=1S/C9H21NO2/c1-9(2,10)5-4-6-12-8-7-11-3/h4-8,10H2,1-3H3. The van der Waals surface area contributed by atoms with Crippen LogP contribution in [0.3, 0.4) is 0 Å². The highest BCUT2D eigenvalue weighted by Gasteiger charge is 2.08. The maximum absolute atomic E-state index is 5.80. The van der Waals surface area contributed by atoms with E-state index in [0.29, 0.717) is 13.2 Å². The highest BCUT2D eigenvalue weighted by Crippen LogP contribution is 2.06. The predicted molar refractivity (Wildman–Crippen MR) is 50.2 cm³/mol. The lowest BCUT2D eigenvalue weighted by Gasteiger charge is -2.17. The molecule has 0 saturated heterocycles. The van der Waals surface area contributed by atoms with E-state index in [1.807, 2.05) is 13.8 Å². The Morgan fingerprint density at radius 1 is 1.17 bits per heavy atom. The monoisotopic (exact) mass is 175 g/mol. The summed E-state index contributed by atoms with van der Waals surface area (Å²) in [5.74, 6) is 0. The summed E-state index contributed by atoms with van der Waals surface area (Å²) >= 11 is 0. The molecule has 0 fully saturated rings. The zero-order valence-corrected chi connectivity index (χ0v) is 8.43.